The molecular formula is C15H22O. The van der Waals surface area contributed by atoms with Crippen LogP contribution in [0.3, 0.4) is 0 Å². The van der Waals surface area contributed by atoms with E-state index in [1.807, 2.05) is 6.26 Å². The first-order valence-electron chi connectivity index (χ1n) is 6.61. The van der Waals surface area contributed by atoms with E-state index in [4.69, 9.17) is 4.42 Å². The molecule has 1 fully saturated rings. The van der Waals surface area contributed by atoms with Crippen molar-refractivity contribution in [3.8, 4) is 0 Å². The van der Waals surface area contributed by atoms with E-state index in [-0.39, 0.29) is 0 Å². The molecule has 2 atom stereocenters. The Morgan fingerprint density at radius 3 is 2.88 bits per heavy atom. The van der Waals surface area contributed by atoms with Gasteiger partial charge in [-0.15, -0.1) is 0 Å². The zero-order valence-corrected chi connectivity index (χ0v) is 10.7. The number of hydrogen-bond acceptors (Lipinski definition) is 1. The first-order valence-corrected chi connectivity index (χ1v) is 6.61. The van der Waals surface area contributed by atoms with Crippen LogP contribution in [0.1, 0.15) is 57.8 Å². The molecule has 1 nitrogen and oxygen atoms in total. The van der Waals surface area contributed by atoms with Crippen LogP contribution in [-0.4, -0.2) is 0 Å². The molecule has 16 heavy (non-hydrogen) atoms. The van der Waals surface area contributed by atoms with Crippen molar-refractivity contribution in [3.05, 3.63) is 23.7 Å². The maximum absolute atomic E-state index is 5.64. The van der Waals surface area contributed by atoms with Gasteiger partial charge in [0.1, 0.15) is 5.76 Å². The summed E-state index contributed by atoms with van der Waals surface area (Å²) >= 11 is 0. The predicted octanol–water partition coefficient (Wildman–Crippen LogP) is 4.31. The summed E-state index contributed by atoms with van der Waals surface area (Å²) in [6, 6.07) is 2.23. The Morgan fingerprint density at radius 2 is 2.06 bits per heavy atom. The highest BCUT2D eigenvalue weighted by Gasteiger charge is 2.50. The summed E-state index contributed by atoms with van der Waals surface area (Å²) in [6.07, 6.45) is 8.44. The third-order valence-corrected chi connectivity index (χ3v) is 5.25. The van der Waals surface area contributed by atoms with E-state index in [1.54, 1.807) is 0 Å². The fourth-order valence-corrected chi connectivity index (χ4v) is 4.47. The number of rotatable bonds is 0. The number of furan rings is 1. The van der Waals surface area contributed by atoms with Crippen LogP contribution in [-0.2, 0) is 11.8 Å². The normalized spacial score (nSPS) is 36.6. The molecule has 1 aromatic rings. The van der Waals surface area contributed by atoms with Crippen LogP contribution in [0.25, 0.3) is 0 Å². The van der Waals surface area contributed by atoms with Gasteiger partial charge in [-0.1, -0.05) is 27.2 Å². The van der Waals surface area contributed by atoms with E-state index in [9.17, 15) is 0 Å². The number of fused-ring (bicyclic) bond motifs is 3. The lowest BCUT2D eigenvalue weighted by molar-refractivity contribution is 0.0379. The summed E-state index contributed by atoms with van der Waals surface area (Å²) in [6.45, 7) is 7.38. The van der Waals surface area contributed by atoms with Gasteiger partial charge in [-0.3, -0.25) is 0 Å². The van der Waals surface area contributed by atoms with Gasteiger partial charge in [0.2, 0.25) is 0 Å². The molecule has 0 aliphatic heterocycles. The van der Waals surface area contributed by atoms with E-state index in [0.29, 0.717) is 10.8 Å². The average Bonchev–Trinajstić information content (AvgIpc) is 2.65. The molecule has 1 aromatic heterocycles. The molecule has 0 radical (unpaired) electrons. The zero-order chi connectivity index (χ0) is 11.4. The molecule has 0 saturated heterocycles. The number of hydrogen-bond donors (Lipinski definition) is 0. The summed E-state index contributed by atoms with van der Waals surface area (Å²) < 4.78 is 5.64. The predicted molar refractivity (Wildman–Crippen MR) is 65.5 cm³/mol. The van der Waals surface area contributed by atoms with Gasteiger partial charge < -0.3 is 4.42 Å². The Labute approximate surface area is 98.2 Å². The smallest absolute Gasteiger partial charge is 0.107 e. The first-order chi connectivity index (χ1) is 7.54. The molecule has 0 bridgehead atoms. The molecule has 2 aliphatic rings. The van der Waals surface area contributed by atoms with Gasteiger partial charge in [-0.25, -0.2) is 0 Å². The van der Waals surface area contributed by atoms with Crippen LogP contribution < -0.4 is 0 Å². The lowest BCUT2D eigenvalue weighted by Gasteiger charge is -2.53. The van der Waals surface area contributed by atoms with E-state index in [1.165, 1.54) is 37.0 Å². The lowest BCUT2D eigenvalue weighted by Crippen LogP contribution is -2.47. The van der Waals surface area contributed by atoms with Crippen molar-refractivity contribution in [2.45, 2.75) is 58.3 Å². The highest BCUT2D eigenvalue weighted by Crippen LogP contribution is 2.57. The monoisotopic (exact) mass is 218 g/mol. The third kappa shape index (κ3) is 1.23. The van der Waals surface area contributed by atoms with Crippen molar-refractivity contribution in [3.63, 3.8) is 0 Å². The van der Waals surface area contributed by atoms with Gasteiger partial charge in [0.05, 0.1) is 6.26 Å². The molecule has 2 aliphatic carbocycles. The first kappa shape index (κ1) is 10.4. The summed E-state index contributed by atoms with van der Waals surface area (Å²) in [7, 11) is 0. The third-order valence-electron chi connectivity index (χ3n) is 5.25. The Kier molecular flexibility index (Phi) is 2.05. The largest absolute Gasteiger partial charge is 0.469 e. The minimum Gasteiger partial charge on any atom is -0.469 e. The highest BCUT2D eigenvalue weighted by atomic mass is 16.3. The molecule has 1 heterocycles. The molecule has 1 heteroatoms. The Bertz CT molecular complexity index is 401. The molecule has 0 N–H and O–H groups in total. The van der Waals surface area contributed by atoms with Crippen LogP contribution in [0, 0.1) is 11.3 Å². The average molecular weight is 218 g/mol. The Morgan fingerprint density at radius 1 is 1.25 bits per heavy atom. The molecule has 1 saturated carbocycles. The van der Waals surface area contributed by atoms with Crippen LogP contribution in [0.5, 0.6) is 0 Å². The fraction of sp³-hybridized carbons (Fsp3) is 0.733. The topological polar surface area (TPSA) is 13.1 Å². The summed E-state index contributed by atoms with van der Waals surface area (Å²) in [4.78, 5) is 0. The molecule has 0 unspecified atom stereocenters. The Balaban J connectivity index is 2.09. The van der Waals surface area contributed by atoms with Crippen LogP contribution in [0.15, 0.2) is 16.7 Å². The molecule has 0 spiro atoms. The zero-order valence-electron chi connectivity index (χ0n) is 10.7. The van der Waals surface area contributed by atoms with Crippen molar-refractivity contribution in [1.29, 1.82) is 0 Å². The minimum absolute atomic E-state index is 0.377. The second kappa shape index (κ2) is 3.15. The van der Waals surface area contributed by atoms with Gasteiger partial charge in [0.15, 0.2) is 0 Å². The van der Waals surface area contributed by atoms with E-state index in [2.05, 4.69) is 26.8 Å². The van der Waals surface area contributed by atoms with Gasteiger partial charge in [0.25, 0.3) is 0 Å². The molecule has 3 rings (SSSR count). The van der Waals surface area contributed by atoms with Crippen molar-refractivity contribution < 1.29 is 4.42 Å². The van der Waals surface area contributed by atoms with Crippen molar-refractivity contribution in [2.24, 2.45) is 11.3 Å². The van der Waals surface area contributed by atoms with Crippen molar-refractivity contribution >= 4 is 0 Å². The van der Waals surface area contributed by atoms with Gasteiger partial charge in [-0.05, 0) is 47.6 Å². The standard InChI is InChI=1S/C15H22O/c1-14(2)8-4-9-15(3)11-7-10-16-12(11)5-6-13(14)15/h7,10,13H,4-6,8-9H2,1-3H3/t13-,15+/m0/s1. The maximum atomic E-state index is 5.64. The SMILES string of the molecule is CC1(C)CCC[C@]2(C)c3ccoc3CC[C@@H]12. The minimum atomic E-state index is 0.377. The van der Waals surface area contributed by atoms with Gasteiger partial charge >= 0.3 is 0 Å². The number of aryl methyl sites for hydroxylation is 1. The second-order valence-electron chi connectivity index (χ2n) is 6.61. The molecule has 0 amide bonds. The maximum Gasteiger partial charge on any atom is 0.107 e. The van der Waals surface area contributed by atoms with Gasteiger partial charge in [0, 0.05) is 6.42 Å². The fourth-order valence-electron chi connectivity index (χ4n) is 4.47. The van der Waals surface area contributed by atoms with Crippen molar-refractivity contribution in [1.82, 2.24) is 0 Å². The Hall–Kier alpha value is -0.720. The summed E-state index contributed by atoms with van der Waals surface area (Å²) in [5.74, 6) is 2.09. The van der Waals surface area contributed by atoms with Crippen LogP contribution in [0.4, 0.5) is 0 Å². The van der Waals surface area contributed by atoms with Crippen LogP contribution in [0.2, 0.25) is 0 Å². The van der Waals surface area contributed by atoms with E-state index in [0.717, 1.165) is 12.3 Å². The van der Waals surface area contributed by atoms with E-state index < -0.39 is 0 Å². The van der Waals surface area contributed by atoms with Crippen molar-refractivity contribution in [2.75, 3.05) is 0 Å². The van der Waals surface area contributed by atoms with Crippen LogP contribution >= 0.6 is 0 Å². The lowest BCUT2D eigenvalue weighted by atomic mass is 9.51. The highest BCUT2D eigenvalue weighted by molar-refractivity contribution is 5.32. The second-order valence-corrected chi connectivity index (χ2v) is 6.61. The summed E-state index contributed by atoms with van der Waals surface area (Å²) in [5, 5.41) is 0. The molecule has 0 aromatic carbocycles. The molecular weight excluding hydrogens is 196 g/mol. The molecule has 88 valence electrons. The quantitative estimate of drug-likeness (QED) is 0.632. The van der Waals surface area contributed by atoms with E-state index >= 15 is 0 Å². The van der Waals surface area contributed by atoms with Gasteiger partial charge in [-0.2, -0.15) is 0 Å². The summed E-state index contributed by atoms with van der Waals surface area (Å²) in [5.41, 5.74) is 2.39.